The first-order valence-electron chi connectivity index (χ1n) is 9.24. The van der Waals surface area contributed by atoms with E-state index in [2.05, 4.69) is 45.5 Å². The number of aliphatic hydroxyl groups is 2. The molecule has 0 saturated heterocycles. The van der Waals surface area contributed by atoms with Crippen LogP contribution in [0.25, 0.3) is 11.1 Å². The number of nitrogens with one attached hydrogen (secondary N) is 1. The minimum absolute atomic E-state index is 0.0225. The fraction of sp³-hybridized carbons (Fsp3) is 0.227. The largest absolute Gasteiger partial charge is 0.449 e. The van der Waals surface area contributed by atoms with Crippen molar-refractivity contribution >= 4 is 33.4 Å². The summed E-state index contributed by atoms with van der Waals surface area (Å²) in [5.74, 6) is -0.0225. The van der Waals surface area contributed by atoms with Gasteiger partial charge in [-0.1, -0.05) is 48.5 Å². The number of aliphatic hydroxyl groups excluding tert-OH is 2. The molecule has 0 saturated carbocycles. The fourth-order valence-corrected chi connectivity index (χ4v) is 5.29. The molecule has 1 aliphatic rings. The molecule has 2 aromatic carbocycles. The number of amides is 1. The topological polar surface area (TPSA) is 78.8 Å². The normalized spacial score (nSPS) is 14.7. The zero-order chi connectivity index (χ0) is 20.4. The van der Waals surface area contributed by atoms with Crippen LogP contribution in [0.5, 0.6) is 0 Å². The number of ether oxygens (including phenoxy) is 1. The van der Waals surface area contributed by atoms with Gasteiger partial charge in [-0.25, -0.2) is 4.79 Å². The molecule has 0 bridgehead atoms. The number of hydrogen-bond donors (Lipinski definition) is 3. The van der Waals surface area contributed by atoms with Gasteiger partial charge < -0.3 is 20.3 Å². The molecule has 1 amide bonds. The zero-order valence-corrected chi connectivity index (χ0v) is 17.8. The van der Waals surface area contributed by atoms with Gasteiger partial charge in [0.15, 0.2) is 0 Å². The Morgan fingerprint density at radius 3 is 2.28 bits per heavy atom. The van der Waals surface area contributed by atoms with Crippen LogP contribution >= 0.6 is 27.3 Å². The second-order valence-electron chi connectivity index (χ2n) is 6.85. The Labute approximate surface area is 181 Å². The smallest absolute Gasteiger partial charge is 0.407 e. The standard InChI is InChI=1S/C22H20BrNO4S/c23-18-9-10-29-21(18)20(26)19(25)11-24-22(27)28-12-17-15-7-3-1-5-13(15)14-6-2-4-8-16(14)17/h1-10,17,19-20,25-26H,11-12H2,(H,24,27). The second kappa shape index (κ2) is 8.67. The van der Waals surface area contributed by atoms with Crippen LogP contribution in [0.2, 0.25) is 0 Å². The van der Waals surface area contributed by atoms with E-state index in [-0.39, 0.29) is 19.1 Å². The third-order valence-corrected chi connectivity index (χ3v) is 7.02. The number of fused-ring (bicyclic) bond motifs is 3. The van der Waals surface area contributed by atoms with Gasteiger partial charge in [-0.05, 0) is 49.6 Å². The van der Waals surface area contributed by atoms with Crippen LogP contribution in [0.3, 0.4) is 0 Å². The highest BCUT2D eigenvalue weighted by molar-refractivity contribution is 9.10. The summed E-state index contributed by atoms with van der Waals surface area (Å²) in [6, 6.07) is 18.0. The summed E-state index contributed by atoms with van der Waals surface area (Å²) in [7, 11) is 0. The monoisotopic (exact) mass is 473 g/mol. The minimum atomic E-state index is -1.13. The number of thiophene rings is 1. The molecule has 3 aromatic rings. The van der Waals surface area contributed by atoms with E-state index in [9.17, 15) is 15.0 Å². The number of hydrogen-bond acceptors (Lipinski definition) is 5. The lowest BCUT2D eigenvalue weighted by molar-refractivity contribution is 0.0203. The second-order valence-corrected chi connectivity index (χ2v) is 8.65. The Morgan fingerprint density at radius 2 is 1.69 bits per heavy atom. The number of carbonyl (C=O) groups excluding carboxylic acids is 1. The van der Waals surface area contributed by atoms with Gasteiger partial charge in [0.25, 0.3) is 0 Å². The van der Waals surface area contributed by atoms with Crippen LogP contribution in [-0.2, 0) is 4.74 Å². The molecule has 2 atom stereocenters. The predicted molar refractivity (Wildman–Crippen MR) is 116 cm³/mol. The summed E-state index contributed by atoms with van der Waals surface area (Å²) in [5.41, 5.74) is 4.60. The van der Waals surface area contributed by atoms with Crippen LogP contribution in [-0.4, -0.2) is 35.6 Å². The first-order chi connectivity index (χ1) is 14.1. The van der Waals surface area contributed by atoms with E-state index in [1.807, 2.05) is 29.6 Å². The summed E-state index contributed by atoms with van der Waals surface area (Å²) in [4.78, 5) is 12.8. The Balaban J connectivity index is 1.35. The summed E-state index contributed by atoms with van der Waals surface area (Å²) in [5, 5.41) is 24.7. The van der Waals surface area contributed by atoms with Crippen molar-refractivity contribution in [2.75, 3.05) is 13.2 Å². The van der Waals surface area contributed by atoms with E-state index in [0.717, 1.165) is 26.7 Å². The lowest BCUT2D eigenvalue weighted by atomic mass is 9.98. The van der Waals surface area contributed by atoms with Crippen molar-refractivity contribution in [2.24, 2.45) is 0 Å². The van der Waals surface area contributed by atoms with E-state index >= 15 is 0 Å². The molecule has 1 aromatic heterocycles. The molecular formula is C22H20BrNO4S. The first kappa shape index (κ1) is 20.1. The molecule has 1 heterocycles. The average Bonchev–Trinajstić information content (AvgIpc) is 3.31. The quantitative estimate of drug-likeness (QED) is 0.494. The van der Waals surface area contributed by atoms with E-state index < -0.39 is 18.3 Å². The summed E-state index contributed by atoms with van der Waals surface area (Å²) >= 11 is 4.67. The highest BCUT2D eigenvalue weighted by atomic mass is 79.9. The maximum atomic E-state index is 12.2. The van der Waals surface area contributed by atoms with Gasteiger partial charge in [-0.15, -0.1) is 11.3 Å². The van der Waals surface area contributed by atoms with Gasteiger partial charge in [0.1, 0.15) is 18.8 Å². The van der Waals surface area contributed by atoms with Gasteiger partial charge in [-0.2, -0.15) is 0 Å². The van der Waals surface area contributed by atoms with Gasteiger partial charge in [0.2, 0.25) is 0 Å². The lowest BCUT2D eigenvalue weighted by Crippen LogP contribution is -2.36. The molecule has 1 aliphatic carbocycles. The molecule has 7 heteroatoms. The molecule has 150 valence electrons. The number of halogens is 1. The first-order valence-corrected chi connectivity index (χ1v) is 10.9. The number of carbonyl (C=O) groups is 1. The van der Waals surface area contributed by atoms with Crippen molar-refractivity contribution in [3.05, 3.63) is 80.5 Å². The lowest BCUT2D eigenvalue weighted by Gasteiger charge is -2.18. The molecule has 5 nitrogen and oxygen atoms in total. The minimum Gasteiger partial charge on any atom is -0.449 e. The molecule has 29 heavy (non-hydrogen) atoms. The molecule has 0 fully saturated rings. The van der Waals surface area contributed by atoms with Crippen LogP contribution < -0.4 is 5.32 Å². The Kier molecular flexibility index (Phi) is 6.01. The molecule has 2 unspecified atom stereocenters. The van der Waals surface area contributed by atoms with Gasteiger partial charge in [-0.3, -0.25) is 0 Å². The van der Waals surface area contributed by atoms with Crippen molar-refractivity contribution < 1.29 is 19.7 Å². The summed E-state index contributed by atoms with van der Waals surface area (Å²) < 4.78 is 6.17. The fourth-order valence-electron chi connectivity index (χ4n) is 3.64. The third kappa shape index (κ3) is 4.09. The number of rotatable bonds is 6. The number of alkyl carbamates (subject to hydrolysis) is 1. The Bertz CT molecular complexity index is 976. The van der Waals surface area contributed by atoms with E-state index in [4.69, 9.17) is 4.74 Å². The Hall–Kier alpha value is -2.19. The Morgan fingerprint density at radius 1 is 1.07 bits per heavy atom. The van der Waals surface area contributed by atoms with E-state index in [1.54, 1.807) is 6.07 Å². The zero-order valence-electron chi connectivity index (χ0n) is 15.4. The highest BCUT2D eigenvalue weighted by Gasteiger charge is 2.29. The summed E-state index contributed by atoms with van der Waals surface area (Å²) in [6.07, 6.45) is -2.84. The maximum absolute atomic E-state index is 12.2. The van der Waals surface area contributed by atoms with Gasteiger partial charge >= 0.3 is 6.09 Å². The van der Waals surface area contributed by atoms with Crippen LogP contribution in [0, 0.1) is 0 Å². The number of benzene rings is 2. The van der Waals surface area contributed by atoms with Gasteiger partial charge in [0.05, 0.1) is 0 Å². The average molecular weight is 474 g/mol. The highest BCUT2D eigenvalue weighted by Crippen LogP contribution is 2.44. The maximum Gasteiger partial charge on any atom is 0.407 e. The van der Waals surface area contributed by atoms with Crippen molar-refractivity contribution in [1.29, 1.82) is 0 Å². The molecule has 0 aliphatic heterocycles. The predicted octanol–water partition coefficient (Wildman–Crippen LogP) is 4.44. The van der Waals surface area contributed by atoms with Crippen LogP contribution in [0.4, 0.5) is 4.79 Å². The van der Waals surface area contributed by atoms with Gasteiger partial charge in [0, 0.05) is 21.8 Å². The molecule has 0 spiro atoms. The molecular weight excluding hydrogens is 454 g/mol. The third-order valence-electron chi connectivity index (χ3n) is 5.08. The van der Waals surface area contributed by atoms with E-state index in [1.165, 1.54) is 11.3 Å². The van der Waals surface area contributed by atoms with Crippen molar-refractivity contribution in [2.45, 2.75) is 18.1 Å². The van der Waals surface area contributed by atoms with Crippen molar-refractivity contribution in [1.82, 2.24) is 5.32 Å². The molecule has 0 radical (unpaired) electrons. The summed E-state index contributed by atoms with van der Waals surface area (Å²) in [6.45, 7) is 0.0944. The van der Waals surface area contributed by atoms with Crippen molar-refractivity contribution in [3.63, 3.8) is 0 Å². The molecule has 3 N–H and O–H groups in total. The van der Waals surface area contributed by atoms with E-state index in [0.29, 0.717) is 4.88 Å². The SMILES string of the molecule is O=C(NCC(O)C(O)c1sccc1Br)OCC1c2ccccc2-c2ccccc21. The van der Waals surface area contributed by atoms with Crippen LogP contribution in [0.15, 0.2) is 64.5 Å². The van der Waals surface area contributed by atoms with Crippen LogP contribution in [0.1, 0.15) is 28.0 Å². The molecule has 4 rings (SSSR count). The van der Waals surface area contributed by atoms with Crippen molar-refractivity contribution in [3.8, 4) is 11.1 Å².